The Hall–Kier alpha value is -1.87. The lowest BCUT2D eigenvalue weighted by Crippen LogP contribution is -2.01. The van der Waals surface area contributed by atoms with E-state index in [0.29, 0.717) is 6.42 Å². The summed E-state index contributed by atoms with van der Waals surface area (Å²) >= 11 is 1.53. The first kappa shape index (κ1) is 13.1. The summed E-state index contributed by atoms with van der Waals surface area (Å²) in [5, 5.41) is 3.26. The molecule has 0 fully saturated rings. The van der Waals surface area contributed by atoms with Crippen LogP contribution in [0.2, 0.25) is 0 Å². The number of carbonyl (C=O) groups is 1. The number of benzene rings is 1. The zero-order valence-corrected chi connectivity index (χ0v) is 12.3. The van der Waals surface area contributed by atoms with Crippen LogP contribution in [0, 0.1) is 6.92 Å². The predicted molar refractivity (Wildman–Crippen MR) is 84.6 cm³/mol. The Kier molecular flexibility index (Phi) is 3.70. The van der Waals surface area contributed by atoms with Gasteiger partial charge in [-0.3, -0.25) is 4.79 Å². The van der Waals surface area contributed by atoms with Gasteiger partial charge in [0.1, 0.15) is 0 Å². The number of hydrogen-bond donors (Lipinski definition) is 0. The van der Waals surface area contributed by atoms with E-state index >= 15 is 0 Å². The molecule has 0 atom stereocenters. The minimum atomic E-state index is 0.257. The number of carbonyl (C=O) groups excluding carboxylic acids is 1. The van der Waals surface area contributed by atoms with Crippen LogP contribution >= 0.6 is 11.3 Å². The molecule has 0 aliphatic rings. The number of hydrogen-bond acceptors (Lipinski definition) is 2. The summed E-state index contributed by atoms with van der Waals surface area (Å²) in [6.07, 6.45) is 3.62. The van der Waals surface area contributed by atoms with Gasteiger partial charge in [0.25, 0.3) is 0 Å². The highest BCUT2D eigenvalue weighted by atomic mass is 32.1. The second kappa shape index (κ2) is 5.63. The number of nitrogens with zero attached hydrogens (tertiary/aromatic N) is 1. The molecular formula is C17H17NOS. The third-order valence-electron chi connectivity index (χ3n) is 3.63. The Morgan fingerprint density at radius 2 is 2.10 bits per heavy atom. The minimum absolute atomic E-state index is 0.257. The van der Waals surface area contributed by atoms with Gasteiger partial charge in [-0.25, -0.2) is 0 Å². The maximum atomic E-state index is 12.0. The van der Waals surface area contributed by atoms with Crippen LogP contribution in [-0.2, 0) is 6.54 Å². The molecule has 3 rings (SSSR count). The predicted octanol–water partition coefficient (Wildman–Crippen LogP) is 4.67. The molecule has 20 heavy (non-hydrogen) atoms. The quantitative estimate of drug-likeness (QED) is 0.623. The zero-order valence-electron chi connectivity index (χ0n) is 11.5. The number of rotatable bonds is 5. The molecule has 0 saturated carbocycles. The fraction of sp³-hybridized carbons (Fsp3) is 0.235. The van der Waals surface area contributed by atoms with Crippen LogP contribution < -0.4 is 0 Å². The summed E-state index contributed by atoms with van der Waals surface area (Å²) in [7, 11) is 0. The third-order valence-corrected chi connectivity index (χ3v) is 4.54. The molecular weight excluding hydrogens is 266 g/mol. The van der Waals surface area contributed by atoms with E-state index in [-0.39, 0.29) is 5.78 Å². The van der Waals surface area contributed by atoms with Crippen molar-refractivity contribution in [2.24, 2.45) is 0 Å². The molecule has 0 amide bonds. The Morgan fingerprint density at radius 3 is 2.90 bits per heavy atom. The summed E-state index contributed by atoms with van der Waals surface area (Å²) in [5.41, 5.74) is 2.56. The monoisotopic (exact) mass is 283 g/mol. The third kappa shape index (κ3) is 2.54. The molecule has 0 bridgehead atoms. The first-order valence-electron chi connectivity index (χ1n) is 6.87. The first-order valence-corrected chi connectivity index (χ1v) is 7.75. The van der Waals surface area contributed by atoms with E-state index in [0.717, 1.165) is 17.8 Å². The highest BCUT2D eigenvalue weighted by Gasteiger charge is 2.07. The van der Waals surface area contributed by atoms with Gasteiger partial charge in [-0.2, -0.15) is 0 Å². The molecule has 1 aromatic carbocycles. The molecule has 3 heteroatoms. The Labute approximate surface area is 122 Å². The van der Waals surface area contributed by atoms with Crippen molar-refractivity contribution < 1.29 is 4.79 Å². The summed E-state index contributed by atoms with van der Waals surface area (Å²) in [6.45, 7) is 3.02. The maximum absolute atomic E-state index is 12.0. The fourth-order valence-electron chi connectivity index (χ4n) is 2.54. The highest BCUT2D eigenvalue weighted by Crippen LogP contribution is 2.20. The van der Waals surface area contributed by atoms with Crippen LogP contribution in [0.5, 0.6) is 0 Å². The van der Waals surface area contributed by atoms with E-state index in [1.54, 1.807) is 0 Å². The molecule has 2 heterocycles. The molecule has 0 aliphatic carbocycles. The zero-order chi connectivity index (χ0) is 13.9. The van der Waals surface area contributed by atoms with Crippen LogP contribution in [0.3, 0.4) is 0 Å². The van der Waals surface area contributed by atoms with E-state index in [2.05, 4.69) is 42.0 Å². The number of ketones is 1. The Morgan fingerprint density at radius 1 is 1.20 bits per heavy atom. The van der Waals surface area contributed by atoms with Crippen LogP contribution in [-0.4, -0.2) is 10.4 Å². The highest BCUT2D eigenvalue weighted by molar-refractivity contribution is 7.12. The SMILES string of the molecule is Cc1cccc2c1ccn2CCCC(=O)c1cccs1. The lowest BCUT2D eigenvalue weighted by Gasteiger charge is -2.05. The number of thiophene rings is 1. The molecule has 2 aromatic heterocycles. The average Bonchev–Trinajstić information content (AvgIpc) is 3.09. The standard InChI is InChI=1S/C17H17NOS/c1-13-5-2-6-15-14(13)9-11-18(15)10-3-7-16(19)17-8-4-12-20-17/h2,4-6,8-9,11-12H,3,7,10H2,1H3. The fourth-order valence-corrected chi connectivity index (χ4v) is 3.24. The van der Waals surface area contributed by atoms with E-state index in [4.69, 9.17) is 0 Å². The van der Waals surface area contributed by atoms with Gasteiger partial charge >= 0.3 is 0 Å². The first-order chi connectivity index (χ1) is 9.75. The smallest absolute Gasteiger partial charge is 0.172 e. The van der Waals surface area contributed by atoms with Crippen LogP contribution in [0.25, 0.3) is 10.9 Å². The topological polar surface area (TPSA) is 22.0 Å². The van der Waals surface area contributed by atoms with Gasteiger partial charge in [-0.1, -0.05) is 18.2 Å². The second-order valence-electron chi connectivity index (χ2n) is 5.02. The van der Waals surface area contributed by atoms with E-state index in [9.17, 15) is 4.79 Å². The van der Waals surface area contributed by atoms with Crippen molar-refractivity contribution in [3.05, 3.63) is 58.4 Å². The van der Waals surface area contributed by atoms with Gasteiger partial charge in [0, 0.05) is 30.1 Å². The molecule has 0 saturated heterocycles. The van der Waals surface area contributed by atoms with Crippen LogP contribution in [0.4, 0.5) is 0 Å². The van der Waals surface area contributed by atoms with E-state index < -0.39 is 0 Å². The van der Waals surface area contributed by atoms with Gasteiger partial charge in [0.15, 0.2) is 5.78 Å². The van der Waals surface area contributed by atoms with Gasteiger partial charge < -0.3 is 4.57 Å². The molecule has 0 radical (unpaired) electrons. The molecule has 0 aliphatic heterocycles. The van der Waals surface area contributed by atoms with Gasteiger partial charge in [-0.15, -0.1) is 11.3 Å². The summed E-state index contributed by atoms with van der Waals surface area (Å²) in [6, 6.07) is 12.4. The lowest BCUT2D eigenvalue weighted by atomic mass is 10.1. The summed E-state index contributed by atoms with van der Waals surface area (Å²) in [4.78, 5) is 12.8. The van der Waals surface area contributed by atoms with Crippen molar-refractivity contribution in [2.45, 2.75) is 26.3 Å². The van der Waals surface area contributed by atoms with Gasteiger partial charge in [0.2, 0.25) is 0 Å². The Bertz CT molecular complexity index is 725. The lowest BCUT2D eigenvalue weighted by molar-refractivity contribution is 0.0982. The van der Waals surface area contributed by atoms with Crippen molar-refractivity contribution in [3.8, 4) is 0 Å². The van der Waals surface area contributed by atoms with Crippen molar-refractivity contribution in [1.82, 2.24) is 4.57 Å². The maximum Gasteiger partial charge on any atom is 0.172 e. The second-order valence-corrected chi connectivity index (χ2v) is 5.97. The normalized spacial score (nSPS) is 11.1. The van der Waals surface area contributed by atoms with Crippen molar-refractivity contribution in [1.29, 1.82) is 0 Å². The average molecular weight is 283 g/mol. The largest absolute Gasteiger partial charge is 0.347 e. The van der Waals surface area contributed by atoms with E-state index in [1.165, 1.54) is 27.8 Å². The number of Topliss-reactive ketones (excluding diaryl/α,β-unsaturated/α-hetero) is 1. The molecule has 0 N–H and O–H groups in total. The molecule has 0 unspecified atom stereocenters. The van der Waals surface area contributed by atoms with Gasteiger partial charge in [-0.05, 0) is 42.5 Å². The van der Waals surface area contributed by atoms with Crippen LogP contribution in [0.1, 0.15) is 28.1 Å². The van der Waals surface area contributed by atoms with Crippen molar-refractivity contribution in [3.63, 3.8) is 0 Å². The van der Waals surface area contributed by atoms with Gasteiger partial charge in [0.05, 0.1) is 4.88 Å². The number of aromatic nitrogens is 1. The Balaban J connectivity index is 1.66. The molecule has 3 aromatic rings. The summed E-state index contributed by atoms with van der Waals surface area (Å²) < 4.78 is 2.24. The van der Waals surface area contributed by atoms with Crippen molar-refractivity contribution >= 4 is 28.0 Å². The summed E-state index contributed by atoms with van der Waals surface area (Å²) in [5.74, 6) is 0.257. The van der Waals surface area contributed by atoms with E-state index in [1.807, 2.05) is 17.5 Å². The molecule has 102 valence electrons. The molecule has 0 spiro atoms. The molecule has 2 nitrogen and oxygen atoms in total. The van der Waals surface area contributed by atoms with Crippen molar-refractivity contribution in [2.75, 3.05) is 0 Å². The van der Waals surface area contributed by atoms with Crippen LogP contribution in [0.15, 0.2) is 48.0 Å². The number of fused-ring (bicyclic) bond motifs is 1. The minimum Gasteiger partial charge on any atom is -0.347 e. The number of aryl methyl sites for hydroxylation is 2.